The Bertz CT molecular complexity index is 759. The predicted molar refractivity (Wildman–Crippen MR) is 89.3 cm³/mol. The second kappa shape index (κ2) is 7.87. The number of carbonyl (C=O) groups is 1. The Labute approximate surface area is 139 Å². The summed E-state index contributed by atoms with van der Waals surface area (Å²) in [6, 6.07) is 9.67. The number of hydrogen-bond donors (Lipinski definition) is 2. The first-order chi connectivity index (χ1) is 11.6. The third kappa shape index (κ3) is 3.75. The summed E-state index contributed by atoms with van der Waals surface area (Å²) in [6.45, 7) is 0. The second-order valence-electron chi connectivity index (χ2n) is 4.66. The van der Waals surface area contributed by atoms with Gasteiger partial charge >= 0.3 is 0 Å². The number of ether oxygens (including phenoxy) is 3. The molecule has 0 saturated heterocycles. The van der Waals surface area contributed by atoms with E-state index in [1.807, 2.05) is 0 Å². The number of phenolic OH excluding ortho intramolecular Hbond substituents is 1. The molecule has 126 valence electrons. The van der Waals surface area contributed by atoms with Crippen LogP contribution in [-0.4, -0.2) is 38.6 Å². The topological polar surface area (TPSA) is 89.4 Å². The fraction of sp³-hybridized carbons (Fsp3) is 0.176. The third-order valence-corrected chi connectivity index (χ3v) is 3.25. The van der Waals surface area contributed by atoms with Gasteiger partial charge in [0, 0.05) is 11.6 Å². The van der Waals surface area contributed by atoms with Gasteiger partial charge in [-0.05, 0) is 24.3 Å². The van der Waals surface area contributed by atoms with Crippen molar-refractivity contribution in [2.45, 2.75) is 0 Å². The second-order valence-corrected chi connectivity index (χ2v) is 4.66. The van der Waals surface area contributed by atoms with Gasteiger partial charge in [0.05, 0.1) is 33.1 Å². The number of amides is 1. The van der Waals surface area contributed by atoms with Crippen LogP contribution in [0.2, 0.25) is 0 Å². The molecule has 24 heavy (non-hydrogen) atoms. The highest BCUT2D eigenvalue weighted by molar-refractivity contribution is 5.97. The lowest BCUT2D eigenvalue weighted by molar-refractivity contribution is 0.0952. The quantitative estimate of drug-likeness (QED) is 0.626. The maximum atomic E-state index is 12.1. The molecule has 0 radical (unpaired) electrons. The van der Waals surface area contributed by atoms with Gasteiger partial charge in [0.15, 0.2) is 11.5 Å². The zero-order chi connectivity index (χ0) is 17.5. The molecule has 0 heterocycles. The molecule has 0 bridgehead atoms. The van der Waals surface area contributed by atoms with Crippen LogP contribution in [0.4, 0.5) is 0 Å². The Morgan fingerprint density at radius 2 is 1.92 bits per heavy atom. The number of methoxy groups -OCH3 is 3. The maximum absolute atomic E-state index is 12.1. The highest BCUT2D eigenvalue weighted by atomic mass is 16.5. The lowest BCUT2D eigenvalue weighted by Crippen LogP contribution is -2.17. The van der Waals surface area contributed by atoms with Crippen LogP contribution in [0.25, 0.3) is 0 Å². The van der Waals surface area contributed by atoms with Crippen molar-refractivity contribution in [3.8, 4) is 23.0 Å². The van der Waals surface area contributed by atoms with Crippen molar-refractivity contribution in [1.29, 1.82) is 0 Å². The zero-order valence-electron chi connectivity index (χ0n) is 13.6. The number of carbonyl (C=O) groups excluding carboxylic acids is 1. The van der Waals surface area contributed by atoms with Gasteiger partial charge in [0.1, 0.15) is 11.5 Å². The molecule has 0 saturated carbocycles. The van der Waals surface area contributed by atoms with Crippen molar-refractivity contribution in [2.24, 2.45) is 5.10 Å². The molecule has 0 unspecified atom stereocenters. The number of phenols is 1. The van der Waals surface area contributed by atoms with E-state index in [1.54, 1.807) is 24.3 Å². The van der Waals surface area contributed by atoms with Crippen molar-refractivity contribution in [1.82, 2.24) is 5.43 Å². The summed E-state index contributed by atoms with van der Waals surface area (Å²) in [4.78, 5) is 12.1. The summed E-state index contributed by atoms with van der Waals surface area (Å²) in [5.41, 5.74) is 3.07. The van der Waals surface area contributed by atoms with Crippen LogP contribution in [0.3, 0.4) is 0 Å². The van der Waals surface area contributed by atoms with Crippen molar-refractivity contribution in [3.63, 3.8) is 0 Å². The van der Waals surface area contributed by atoms with E-state index in [0.717, 1.165) is 0 Å². The van der Waals surface area contributed by atoms with Crippen molar-refractivity contribution >= 4 is 12.1 Å². The van der Waals surface area contributed by atoms with Gasteiger partial charge in [-0.15, -0.1) is 0 Å². The van der Waals surface area contributed by atoms with E-state index in [-0.39, 0.29) is 11.3 Å². The molecule has 1 amide bonds. The van der Waals surface area contributed by atoms with Crippen LogP contribution < -0.4 is 19.6 Å². The minimum Gasteiger partial charge on any atom is -0.507 e. The molecule has 2 aromatic carbocycles. The summed E-state index contributed by atoms with van der Waals surface area (Å²) < 4.78 is 15.4. The van der Waals surface area contributed by atoms with Gasteiger partial charge < -0.3 is 19.3 Å². The standard InChI is InChI=1S/C17H18N2O5/c1-22-12-7-8-13(14(20)9-12)17(21)19-18-10-11-5-4-6-15(23-2)16(11)24-3/h4-10,20H,1-3H3,(H,19,21)/b18-10-. The molecule has 2 rings (SSSR count). The van der Waals surface area contributed by atoms with E-state index in [9.17, 15) is 9.90 Å². The monoisotopic (exact) mass is 330 g/mol. The molecule has 2 aromatic rings. The van der Waals surface area contributed by atoms with Crippen LogP contribution in [0, 0.1) is 0 Å². The summed E-state index contributed by atoms with van der Waals surface area (Å²) in [5.74, 6) is 0.772. The lowest BCUT2D eigenvalue weighted by Gasteiger charge is -2.09. The van der Waals surface area contributed by atoms with E-state index >= 15 is 0 Å². The minimum atomic E-state index is -0.548. The Kier molecular flexibility index (Phi) is 5.62. The third-order valence-electron chi connectivity index (χ3n) is 3.25. The molecule has 2 N–H and O–H groups in total. The van der Waals surface area contributed by atoms with Crippen molar-refractivity contribution in [2.75, 3.05) is 21.3 Å². The Morgan fingerprint density at radius 3 is 2.54 bits per heavy atom. The highest BCUT2D eigenvalue weighted by Gasteiger charge is 2.12. The first kappa shape index (κ1) is 17.1. The zero-order valence-corrected chi connectivity index (χ0v) is 13.6. The fourth-order valence-electron chi connectivity index (χ4n) is 2.06. The van der Waals surface area contributed by atoms with Gasteiger partial charge in [-0.1, -0.05) is 6.07 Å². The molecule has 0 aliphatic heterocycles. The van der Waals surface area contributed by atoms with Gasteiger partial charge in [-0.3, -0.25) is 4.79 Å². The predicted octanol–water partition coefficient (Wildman–Crippen LogP) is 2.18. The number of benzene rings is 2. The van der Waals surface area contributed by atoms with Crippen molar-refractivity contribution in [3.05, 3.63) is 47.5 Å². The van der Waals surface area contributed by atoms with Crippen LogP contribution in [-0.2, 0) is 0 Å². The minimum absolute atomic E-state index is 0.0885. The number of nitrogens with zero attached hydrogens (tertiary/aromatic N) is 1. The highest BCUT2D eigenvalue weighted by Crippen LogP contribution is 2.29. The average Bonchev–Trinajstić information content (AvgIpc) is 2.60. The molecular weight excluding hydrogens is 312 g/mol. The van der Waals surface area contributed by atoms with Crippen LogP contribution in [0.15, 0.2) is 41.5 Å². The molecule has 0 fully saturated rings. The fourth-order valence-corrected chi connectivity index (χ4v) is 2.06. The Balaban J connectivity index is 2.13. The SMILES string of the molecule is COc1ccc(C(=O)N/N=C\c2cccc(OC)c2OC)c(O)c1. The Hall–Kier alpha value is -3.22. The van der Waals surface area contributed by atoms with Gasteiger partial charge in [-0.2, -0.15) is 5.10 Å². The number of hydrazone groups is 1. The molecule has 7 heteroatoms. The van der Waals surface area contributed by atoms with E-state index in [0.29, 0.717) is 22.8 Å². The Morgan fingerprint density at radius 1 is 1.12 bits per heavy atom. The van der Waals surface area contributed by atoms with Gasteiger partial charge in [0.25, 0.3) is 5.91 Å². The lowest BCUT2D eigenvalue weighted by atomic mass is 10.2. The molecule has 0 aliphatic carbocycles. The van der Waals surface area contributed by atoms with Crippen LogP contribution in [0.5, 0.6) is 23.0 Å². The van der Waals surface area contributed by atoms with Crippen molar-refractivity contribution < 1.29 is 24.1 Å². The van der Waals surface area contributed by atoms with Gasteiger partial charge in [-0.25, -0.2) is 5.43 Å². The van der Waals surface area contributed by atoms with Gasteiger partial charge in [0.2, 0.25) is 0 Å². The maximum Gasteiger partial charge on any atom is 0.275 e. The average molecular weight is 330 g/mol. The van der Waals surface area contributed by atoms with Crippen LogP contribution >= 0.6 is 0 Å². The molecule has 0 aliphatic rings. The van der Waals surface area contributed by atoms with E-state index in [4.69, 9.17) is 14.2 Å². The summed E-state index contributed by atoms with van der Waals surface area (Å²) in [7, 11) is 4.52. The van der Waals surface area contributed by atoms with E-state index in [1.165, 1.54) is 39.7 Å². The number of hydrogen-bond acceptors (Lipinski definition) is 6. The number of rotatable bonds is 6. The molecule has 0 spiro atoms. The molecule has 7 nitrogen and oxygen atoms in total. The largest absolute Gasteiger partial charge is 0.507 e. The summed E-state index contributed by atoms with van der Waals surface area (Å²) in [6.07, 6.45) is 1.43. The normalized spacial score (nSPS) is 10.5. The first-order valence-corrected chi connectivity index (χ1v) is 7.02. The molecular formula is C17H18N2O5. The summed E-state index contributed by atoms with van der Waals surface area (Å²) in [5, 5.41) is 13.7. The summed E-state index contributed by atoms with van der Waals surface area (Å²) >= 11 is 0. The first-order valence-electron chi connectivity index (χ1n) is 7.02. The van der Waals surface area contributed by atoms with E-state index < -0.39 is 5.91 Å². The number of aromatic hydroxyl groups is 1. The number of nitrogens with one attached hydrogen (secondary N) is 1. The molecule has 0 atom stereocenters. The smallest absolute Gasteiger partial charge is 0.275 e. The molecule has 0 aromatic heterocycles. The van der Waals surface area contributed by atoms with E-state index in [2.05, 4.69) is 10.5 Å². The number of para-hydroxylation sites is 1. The van der Waals surface area contributed by atoms with Crippen LogP contribution in [0.1, 0.15) is 15.9 Å².